The summed E-state index contributed by atoms with van der Waals surface area (Å²) in [6, 6.07) is 0. The van der Waals surface area contributed by atoms with E-state index in [9.17, 15) is 19.2 Å². The third-order valence-electron chi connectivity index (χ3n) is 5.59. The van der Waals surface area contributed by atoms with E-state index in [-0.39, 0.29) is 44.9 Å². The van der Waals surface area contributed by atoms with Gasteiger partial charge in [0, 0.05) is 36.5 Å². The second-order valence-corrected chi connectivity index (χ2v) is 8.39. The Labute approximate surface area is 180 Å². The van der Waals surface area contributed by atoms with Gasteiger partial charge in [0.15, 0.2) is 6.79 Å². The topological polar surface area (TPSA) is 108 Å². The fraction of sp³-hybridized carbons (Fsp3) is 0.545. The van der Waals surface area contributed by atoms with Crippen molar-refractivity contribution in [3.8, 4) is 11.5 Å². The lowest BCUT2D eigenvalue weighted by Crippen LogP contribution is -2.33. The van der Waals surface area contributed by atoms with Crippen molar-refractivity contribution < 1.29 is 38.2 Å². The maximum absolute atomic E-state index is 12.3. The standard InChI is InChI=1S/C22H27NO8/c1-12-14(6-9-17(26)31-23-15(24)7-8-16(23)25)20(29-11-28-5)13(2)19-21(12)30-18(27)10-22(19,3)4/h6-11H2,1-5H3. The van der Waals surface area contributed by atoms with Crippen molar-refractivity contribution in [1.82, 2.24) is 5.06 Å². The van der Waals surface area contributed by atoms with Gasteiger partial charge in [-0.25, -0.2) is 4.79 Å². The number of esters is 1. The van der Waals surface area contributed by atoms with E-state index >= 15 is 0 Å². The van der Waals surface area contributed by atoms with E-state index < -0.39 is 23.2 Å². The van der Waals surface area contributed by atoms with Crippen molar-refractivity contribution in [2.24, 2.45) is 0 Å². The molecular formula is C22H27NO8. The lowest BCUT2D eigenvalue weighted by atomic mass is 9.75. The number of carbonyl (C=O) groups is 4. The van der Waals surface area contributed by atoms with Crippen molar-refractivity contribution in [1.29, 1.82) is 0 Å². The molecule has 2 aliphatic heterocycles. The number of amides is 2. The molecule has 31 heavy (non-hydrogen) atoms. The Kier molecular flexibility index (Phi) is 6.35. The molecule has 1 aromatic rings. The summed E-state index contributed by atoms with van der Waals surface area (Å²) < 4.78 is 16.5. The second kappa shape index (κ2) is 8.66. The largest absolute Gasteiger partial charge is 0.467 e. The zero-order chi connectivity index (χ0) is 22.9. The fourth-order valence-electron chi connectivity index (χ4n) is 4.19. The Bertz CT molecular complexity index is 934. The number of rotatable bonds is 7. The molecule has 0 aromatic heterocycles. The monoisotopic (exact) mass is 433 g/mol. The van der Waals surface area contributed by atoms with Crippen LogP contribution in [0.1, 0.15) is 61.8 Å². The summed E-state index contributed by atoms with van der Waals surface area (Å²) in [7, 11) is 1.51. The minimum absolute atomic E-state index is 0.00745. The third kappa shape index (κ3) is 4.41. The molecule has 0 spiro atoms. The molecule has 1 saturated heterocycles. The van der Waals surface area contributed by atoms with Crippen LogP contribution in [0.15, 0.2) is 0 Å². The first kappa shape index (κ1) is 22.7. The maximum Gasteiger partial charge on any atom is 0.333 e. The highest BCUT2D eigenvalue weighted by Gasteiger charge is 2.39. The predicted molar refractivity (Wildman–Crippen MR) is 107 cm³/mol. The summed E-state index contributed by atoms with van der Waals surface area (Å²) in [6.45, 7) is 7.64. The van der Waals surface area contributed by atoms with Crippen molar-refractivity contribution in [2.45, 2.75) is 65.2 Å². The van der Waals surface area contributed by atoms with Gasteiger partial charge in [-0.2, -0.15) is 0 Å². The molecule has 9 heteroatoms. The van der Waals surface area contributed by atoms with Crippen LogP contribution in [-0.2, 0) is 40.6 Å². The lowest BCUT2D eigenvalue weighted by Gasteiger charge is -2.35. The molecule has 168 valence electrons. The summed E-state index contributed by atoms with van der Waals surface area (Å²) in [5.74, 6) is -1.05. The molecule has 0 aliphatic carbocycles. The molecule has 2 aliphatic rings. The van der Waals surface area contributed by atoms with Crippen LogP contribution in [0, 0.1) is 13.8 Å². The highest BCUT2D eigenvalue weighted by Crippen LogP contribution is 2.48. The molecule has 0 atom stereocenters. The van der Waals surface area contributed by atoms with E-state index in [1.54, 1.807) is 6.92 Å². The number of methoxy groups -OCH3 is 1. The molecule has 2 amide bonds. The molecular weight excluding hydrogens is 406 g/mol. The zero-order valence-electron chi connectivity index (χ0n) is 18.5. The average Bonchev–Trinajstić information content (AvgIpc) is 2.99. The van der Waals surface area contributed by atoms with Crippen molar-refractivity contribution >= 4 is 23.8 Å². The number of ether oxygens (including phenoxy) is 3. The molecule has 1 fully saturated rings. The van der Waals surface area contributed by atoms with Gasteiger partial charge in [-0.1, -0.05) is 13.8 Å². The summed E-state index contributed by atoms with van der Waals surface area (Å²) in [5.41, 5.74) is 2.61. The van der Waals surface area contributed by atoms with Gasteiger partial charge in [0.25, 0.3) is 11.8 Å². The number of hydrogen-bond donors (Lipinski definition) is 0. The fourth-order valence-corrected chi connectivity index (χ4v) is 4.19. The number of nitrogens with zero attached hydrogens (tertiary/aromatic N) is 1. The molecule has 0 radical (unpaired) electrons. The Morgan fingerprint density at radius 3 is 2.35 bits per heavy atom. The number of imide groups is 1. The minimum Gasteiger partial charge on any atom is -0.467 e. The summed E-state index contributed by atoms with van der Waals surface area (Å²) in [4.78, 5) is 52.8. The minimum atomic E-state index is -0.714. The number of hydrogen-bond acceptors (Lipinski definition) is 8. The quantitative estimate of drug-likeness (QED) is 0.279. The van der Waals surface area contributed by atoms with E-state index in [4.69, 9.17) is 19.0 Å². The SMILES string of the molecule is COCOc1c(C)c2c(c(C)c1CCC(=O)ON1C(=O)CCC1=O)OC(=O)CC2(C)C. The van der Waals surface area contributed by atoms with Gasteiger partial charge in [-0.15, -0.1) is 5.06 Å². The van der Waals surface area contributed by atoms with E-state index in [0.29, 0.717) is 27.7 Å². The lowest BCUT2D eigenvalue weighted by molar-refractivity contribution is -0.197. The molecule has 0 bridgehead atoms. The molecule has 0 saturated carbocycles. The van der Waals surface area contributed by atoms with E-state index in [1.165, 1.54) is 7.11 Å². The van der Waals surface area contributed by atoms with Gasteiger partial charge in [0.05, 0.1) is 12.8 Å². The predicted octanol–water partition coefficient (Wildman–Crippen LogP) is 2.41. The van der Waals surface area contributed by atoms with E-state index in [2.05, 4.69) is 0 Å². The van der Waals surface area contributed by atoms with E-state index in [1.807, 2.05) is 20.8 Å². The first-order valence-corrected chi connectivity index (χ1v) is 10.1. The molecule has 2 heterocycles. The first-order chi connectivity index (χ1) is 14.6. The number of fused-ring (bicyclic) bond motifs is 1. The highest BCUT2D eigenvalue weighted by atomic mass is 16.7. The second-order valence-electron chi connectivity index (χ2n) is 8.39. The van der Waals surface area contributed by atoms with Gasteiger partial charge in [-0.05, 0) is 31.4 Å². The molecule has 0 N–H and O–H groups in total. The molecule has 0 unspecified atom stereocenters. The van der Waals surface area contributed by atoms with E-state index in [0.717, 1.165) is 11.1 Å². The van der Waals surface area contributed by atoms with Crippen LogP contribution in [0.3, 0.4) is 0 Å². The number of benzene rings is 1. The van der Waals surface area contributed by atoms with Crippen LogP contribution >= 0.6 is 0 Å². The van der Waals surface area contributed by atoms with Crippen molar-refractivity contribution in [3.05, 3.63) is 22.3 Å². The van der Waals surface area contributed by atoms with Gasteiger partial charge in [-0.3, -0.25) is 14.4 Å². The normalized spacial score (nSPS) is 17.5. The van der Waals surface area contributed by atoms with Crippen LogP contribution in [0.25, 0.3) is 0 Å². The van der Waals surface area contributed by atoms with Crippen molar-refractivity contribution in [3.63, 3.8) is 0 Å². The Morgan fingerprint density at radius 1 is 1.10 bits per heavy atom. The van der Waals surface area contributed by atoms with Crippen LogP contribution in [-0.4, -0.2) is 42.7 Å². The van der Waals surface area contributed by atoms with Crippen LogP contribution in [0.2, 0.25) is 0 Å². The summed E-state index contributed by atoms with van der Waals surface area (Å²) in [5, 5.41) is 0.528. The molecule has 3 rings (SSSR count). The molecule has 1 aromatic carbocycles. The number of carbonyl (C=O) groups excluding carboxylic acids is 4. The van der Waals surface area contributed by atoms with Gasteiger partial charge in [0.1, 0.15) is 11.5 Å². The van der Waals surface area contributed by atoms with Gasteiger partial charge in [0.2, 0.25) is 0 Å². The maximum atomic E-state index is 12.3. The first-order valence-electron chi connectivity index (χ1n) is 10.1. The summed E-state index contributed by atoms with van der Waals surface area (Å²) in [6.07, 6.45) is 0.410. The third-order valence-corrected chi connectivity index (χ3v) is 5.59. The summed E-state index contributed by atoms with van der Waals surface area (Å²) >= 11 is 0. The highest BCUT2D eigenvalue weighted by molar-refractivity contribution is 6.01. The Morgan fingerprint density at radius 2 is 1.74 bits per heavy atom. The van der Waals surface area contributed by atoms with Crippen LogP contribution in [0.5, 0.6) is 11.5 Å². The average molecular weight is 433 g/mol. The van der Waals surface area contributed by atoms with Crippen molar-refractivity contribution in [2.75, 3.05) is 13.9 Å². The van der Waals surface area contributed by atoms with Crippen LogP contribution < -0.4 is 9.47 Å². The smallest absolute Gasteiger partial charge is 0.333 e. The Hall–Kier alpha value is -2.94. The molecule has 9 nitrogen and oxygen atoms in total. The van der Waals surface area contributed by atoms with Gasteiger partial charge < -0.3 is 19.0 Å². The van der Waals surface area contributed by atoms with Gasteiger partial charge >= 0.3 is 11.9 Å². The zero-order valence-corrected chi connectivity index (χ0v) is 18.5. The Balaban J connectivity index is 1.91. The van der Waals surface area contributed by atoms with Crippen LogP contribution in [0.4, 0.5) is 0 Å². The number of hydroxylamine groups is 2.